The van der Waals surface area contributed by atoms with Crippen LogP contribution in [0.4, 0.5) is 0 Å². The maximum absolute atomic E-state index is 3.49. The molecule has 21 heavy (non-hydrogen) atoms. The lowest BCUT2D eigenvalue weighted by Crippen LogP contribution is -1.76. The summed E-state index contributed by atoms with van der Waals surface area (Å²) in [7, 11) is 0. The number of hydrogen-bond acceptors (Lipinski definition) is 0. The van der Waals surface area contributed by atoms with E-state index in [1.165, 1.54) is 23.8 Å². The molecular formula is C20H19N. The fraction of sp³-hybridized carbons (Fsp3) is 0.200. The minimum atomic E-state index is 0.975. The highest BCUT2D eigenvalue weighted by Gasteiger charge is 2.05. The fourth-order valence-electron chi connectivity index (χ4n) is 2.46. The minimum absolute atomic E-state index is 0.975. The summed E-state index contributed by atoms with van der Waals surface area (Å²) in [6, 6.07) is 18.9. The first kappa shape index (κ1) is 13.5. The molecule has 0 spiro atoms. The molecule has 0 saturated heterocycles. The second kappa shape index (κ2) is 6.33. The Kier molecular flexibility index (Phi) is 4.07. The van der Waals surface area contributed by atoms with Gasteiger partial charge in [0.05, 0.1) is 0 Å². The highest BCUT2D eigenvalue weighted by atomic mass is 14.7. The van der Waals surface area contributed by atoms with E-state index in [2.05, 4.69) is 72.3 Å². The molecule has 104 valence electrons. The molecule has 1 heteroatoms. The van der Waals surface area contributed by atoms with Crippen LogP contribution in [0.1, 0.15) is 31.7 Å². The van der Waals surface area contributed by atoms with Gasteiger partial charge in [-0.15, -0.1) is 0 Å². The molecule has 3 rings (SSSR count). The Bertz CT molecular complexity index is 785. The van der Waals surface area contributed by atoms with Crippen molar-refractivity contribution >= 4 is 10.9 Å². The second-order valence-corrected chi connectivity index (χ2v) is 5.22. The number of hydrogen-bond donors (Lipinski definition) is 1. The molecule has 0 atom stereocenters. The number of rotatable bonds is 3. The van der Waals surface area contributed by atoms with Gasteiger partial charge in [0.15, 0.2) is 0 Å². The van der Waals surface area contributed by atoms with Crippen LogP contribution in [-0.2, 0) is 0 Å². The van der Waals surface area contributed by atoms with Crippen LogP contribution in [0.2, 0.25) is 0 Å². The summed E-state index contributed by atoms with van der Waals surface area (Å²) in [4.78, 5) is 3.49. The van der Waals surface area contributed by atoms with E-state index in [9.17, 15) is 0 Å². The van der Waals surface area contributed by atoms with Gasteiger partial charge in [0.2, 0.25) is 0 Å². The lowest BCUT2D eigenvalue weighted by atomic mass is 10.1. The predicted octanol–water partition coefficient (Wildman–Crippen LogP) is 5.38. The standard InChI is InChI=1S/C20H19N/c1-2-3-4-6-10-16-13-9-14-19-18(16)15-20(21-19)17-11-7-5-8-12-17/h5,7-9,11-15,21H,2-4H2,1H3. The molecule has 0 radical (unpaired) electrons. The quantitative estimate of drug-likeness (QED) is 0.487. The SMILES string of the molecule is CCCCC#Cc1cccc2[nH]c(-c3ccccc3)cc12. The summed E-state index contributed by atoms with van der Waals surface area (Å²) in [6.07, 6.45) is 3.34. The van der Waals surface area contributed by atoms with E-state index in [0.717, 1.165) is 23.2 Å². The molecule has 0 aliphatic carbocycles. The van der Waals surface area contributed by atoms with E-state index in [1.54, 1.807) is 0 Å². The van der Waals surface area contributed by atoms with Crippen molar-refractivity contribution in [3.8, 4) is 23.1 Å². The Labute approximate surface area is 126 Å². The first-order valence-electron chi connectivity index (χ1n) is 7.54. The third-order valence-corrected chi connectivity index (χ3v) is 3.63. The molecule has 1 nitrogen and oxygen atoms in total. The van der Waals surface area contributed by atoms with E-state index in [4.69, 9.17) is 0 Å². The van der Waals surface area contributed by atoms with Gasteiger partial charge in [-0.2, -0.15) is 0 Å². The summed E-state index contributed by atoms with van der Waals surface area (Å²) < 4.78 is 0. The normalized spacial score (nSPS) is 10.3. The van der Waals surface area contributed by atoms with Gasteiger partial charge in [-0.05, 0) is 30.2 Å². The lowest BCUT2D eigenvalue weighted by Gasteiger charge is -1.94. The predicted molar refractivity (Wildman–Crippen MR) is 90.1 cm³/mol. The molecule has 0 saturated carbocycles. The van der Waals surface area contributed by atoms with Crippen LogP contribution in [-0.4, -0.2) is 4.98 Å². The molecule has 0 fully saturated rings. The zero-order valence-corrected chi connectivity index (χ0v) is 12.3. The number of aromatic nitrogens is 1. The van der Waals surface area contributed by atoms with Crippen molar-refractivity contribution in [1.82, 2.24) is 4.98 Å². The van der Waals surface area contributed by atoms with Crippen LogP contribution in [0, 0.1) is 11.8 Å². The van der Waals surface area contributed by atoms with Crippen LogP contribution in [0.15, 0.2) is 54.6 Å². The maximum Gasteiger partial charge on any atom is 0.0471 e. The number of H-pyrrole nitrogens is 1. The van der Waals surface area contributed by atoms with Crippen molar-refractivity contribution in [3.63, 3.8) is 0 Å². The first-order chi connectivity index (χ1) is 10.4. The Hall–Kier alpha value is -2.46. The van der Waals surface area contributed by atoms with Crippen molar-refractivity contribution in [2.75, 3.05) is 0 Å². The van der Waals surface area contributed by atoms with Crippen LogP contribution in [0.5, 0.6) is 0 Å². The molecule has 0 unspecified atom stereocenters. The second-order valence-electron chi connectivity index (χ2n) is 5.22. The van der Waals surface area contributed by atoms with Gasteiger partial charge in [-0.3, -0.25) is 0 Å². The van der Waals surface area contributed by atoms with Crippen LogP contribution < -0.4 is 0 Å². The van der Waals surface area contributed by atoms with Crippen LogP contribution in [0.3, 0.4) is 0 Å². The number of aromatic amines is 1. The largest absolute Gasteiger partial charge is 0.354 e. The Morgan fingerprint density at radius 3 is 2.67 bits per heavy atom. The molecule has 0 aliphatic rings. The molecule has 0 bridgehead atoms. The Morgan fingerprint density at radius 2 is 1.86 bits per heavy atom. The van der Waals surface area contributed by atoms with E-state index in [-0.39, 0.29) is 0 Å². The average molecular weight is 273 g/mol. The zero-order valence-electron chi connectivity index (χ0n) is 12.3. The monoisotopic (exact) mass is 273 g/mol. The molecule has 1 heterocycles. The number of fused-ring (bicyclic) bond motifs is 1. The smallest absolute Gasteiger partial charge is 0.0471 e. The number of benzene rings is 2. The van der Waals surface area contributed by atoms with E-state index in [0.29, 0.717) is 0 Å². The summed E-state index contributed by atoms with van der Waals surface area (Å²) >= 11 is 0. The van der Waals surface area contributed by atoms with Crippen molar-refractivity contribution in [2.45, 2.75) is 26.2 Å². The molecule has 3 aromatic rings. The average Bonchev–Trinajstić information content (AvgIpc) is 2.97. The topological polar surface area (TPSA) is 15.8 Å². The van der Waals surface area contributed by atoms with Gasteiger partial charge in [-0.25, -0.2) is 0 Å². The van der Waals surface area contributed by atoms with E-state index < -0.39 is 0 Å². The number of nitrogens with one attached hydrogen (secondary N) is 1. The fourth-order valence-corrected chi connectivity index (χ4v) is 2.46. The van der Waals surface area contributed by atoms with Gasteiger partial charge in [-0.1, -0.05) is 61.6 Å². The highest BCUT2D eigenvalue weighted by molar-refractivity contribution is 5.90. The molecule has 0 amide bonds. The molecule has 0 aliphatic heterocycles. The van der Waals surface area contributed by atoms with Gasteiger partial charge in [0.1, 0.15) is 0 Å². The molecule has 1 aromatic heterocycles. The van der Waals surface area contributed by atoms with Crippen LogP contribution in [0.25, 0.3) is 22.2 Å². The summed E-state index contributed by atoms with van der Waals surface area (Å²) in [5.41, 5.74) is 4.62. The Morgan fingerprint density at radius 1 is 1.00 bits per heavy atom. The van der Waals surface area contributed by atoms with Crippen molar-refractivity contribution < 1.29 is 0 Å². The van der Waals surface area contributed by atoms with Gasteiger partial charge in [0, 0.05) is 28.6 Å². The zero-order chi connectivity index (χ0) is 14.5. The molecule has 1 N–H and O–H groups in total. The summed E-state index contributed by atoms with van der Waals surface area (Å²) in [6.45, 7) is 2.20. The number of unbranched alkanes of at least 4 members (excludes halogenated alkanes) is 2. The van der Waals surface area contributed by atoms with E-state index >= 15 is 0 Å². The lowest BCUT2D eigenvalue weighted by molar-refractivity contribution is 0.828. The van der Waals surface area contributed by atoms with Gasteiger partial charge < -0.3 is 4.98 Å². The summed E-state index contributed by atoms with van der Waals surface area (Å²) in [5.74, 6) is 6.60. The highest BCUT2D eigenvalue weighted by Crippen LogP contribution is 2.26. The van der Waals surface area contributed by atoms with Gasteiger partial charge in [0.25, 0.3) is 0 Å². The summed E-state index contributed by atoms with van der Waals surface area (Å²) in [5, 5.41) is 1.21. The van der Waals surface area contributed by atoms with Gasteiger partial charge >= 0.3 is 0 Å². The third-order valence-electron chi connectivity index (χ3n) is 3.63. The molecular weight excluding hydrogens is 254 g/mol. The van der Waals surface area contributed by atoms with Crippen LogP contribution >= 0.6 is 0 Å². The first-order valence-corrected chi connectivity index (χ1v) is 7.54. The third kappa shape index (κ3) is 3.01. The van der Waals surface area contributed by atoms with Crippen molar-refractivity contribution in [2.24, 2.45) is 0 Å². The Balaban J connectivity index is 1.99. The maximum atomic E-state index is 3.49. The van der Waals surface area contributed by atoms with Crippen molar-refractivity contribution in [3.05, 3.63) is 60.2 Å². The van der Waals surface area contributed by atoms with Crippen molar-refractivity contribution in [1.29, 1.82) is 0 Å². The minimum Gasteiger partial charge on any atom is -0.354 e. The molecule has 2 aromatic carbocycles. The van der Waals surface area contributed by atoms with E-state index in [1.807, 2.05) is 6.07 Å².